The molecule has 0 aliphatic carbocycles. The Hall–Kier alpha value is -1.88. The molecule has 4 N–H and O–H groups in total. The molecule has 1 unspecified atom stereocenters. The van der Waals surface area contributed by atoms with Crippen molar-refractivity contribution in [2.45, 2.75) is 13.2 Å². The van der Waals surface area contributed by atoms with Crippen molar-refractivity contribution in [1.29, 1.82) is 0 Å². The summed E-state index contributed by atoms with van der Waals surface area (Å²) in [6.07, 6.45) is -1.09. The van der Waals surface area contributed by atoms with Crippen LogP contribution in [-0.4, -0.2) is 10.1 Å². The monoisotopic (exact) mass is 304 g/mol. The lowest BCUT2D eigenvalue weighted by Crippen LogP contribution is -2.09. The Morgan fingerprint density at radius 2 is 1.90 bits per heavy atom. The van der Waals surface area contributed by atoms with Crippen LogP contribution in [0, 0.1) is 12.7 Å². The minimum atomic E-state index is -1.09. The van der Waals surface area contributed by atoms with Crippen molar-refractivity contribution in [3.05, 3.63) is 58.5 Å². The fourth-order valence-corrected chi connectivity index (χ4v) is 2.78. The molecule has 1 aromatic heterocycles. The van der Waals surface area contributed by atoms with Gasteiger partial charge in [-0.1, -0.05) is 23.7 Å². The Morgan fingerprint density at radius 1 is 1.24 bits per heavy atom. The van der Waals surface area contributed by atoms with Gasteiger partial charge in [0, 0.05) is 16.0 Å². The van der Waals surface area contributed by atoms with Crippen molar-refractivity contribution in [3.63, 3.8) is 0 Å². The third-order valence-corrected chi connectivity index (χ3v) is 3.84. The van der Waals surface area contributed by atoms with E-state index in [1.54, 1.807) is 18.2 Å². The first kappa shape index (κ1) is 14.1. The van der Waals surface area contributed by atoms with Gasteiger partial charge in [-0.2, -0.15) is 0 Å². The van der Waals surface area contributed by atoms with Gasteiger partial charge in [-0.05, 0) is 42.3 Å². The highest BCUT2D eigenvalue weighted by Crippen LogP contribution is 2.35. The average Bonchev–Trinajstić information content (AvgIpc) is 2.77. The predicted octanol–water partition coefficient (Wildman–Crippen LogP) is 3.89. The second-order valence-corrected chi connectivity index (χ2v) is 5.43. The lowest BCUT2D eigenvalue weighted by molar-refractivity contribution is 0.181. The number of aliphatic hydroxyl groups is 1. The molecule has 0 radical (unpaired) electrons. The Labute approximate surface area is 126 Å². The van der Waals surface area contributed by atoms with E-state index < -0.39 is 6.23 Å². The molecular formula is C16H14ClFN2O. The fraction of sp³-hybridized carbons (Fsp3) is 0.125. The molecule has 3 aromatic rings. The highest BCUT2D eigenvalue weighted by molar-refractivity contribution is 6.32. The van der Waals surface area contributed by atoms with Crippen molar-refractivity contribution in [2.24, 2.45) is 5.73 Å². The standard InChI is InChI=1S/C16H14ClFN2O/c1-8-12-6-10(17)7-13(9-2-4-11(18)5-3-9)15(12)20-14(8)16(19)21/h2-7,16,20-21H,19H2,1H3. The molecule has 3 nitrogen and oxygen atoms in total. The van der Waals surface area contributed by atoms with Crippen LogP contribution >= 0.6 is 11.6 Å². The van der Waals surface area contributed by atoms with E-state index in [0.717, 1.165) is 27.6 Å². The molecule has 5 heteroatoms. The molecule has 1 atom stereocenters. The Balaban J connectivity index is 2.32. The third-order valence-electron chi connectivity index (χ3n) is 3.62. The van der Waals surface area contributed by atoms with Gasteiger partial charge in [0.05, 0.1) is 11.2 Å². The molecule has 0 amide bonds. The van der Waals surface area contributed by atoms with Gasteiger partial charge in [-0.25, -0.2) is 4.39 Å². The van der Waals surface area contributed by atoms with E-state index in [9.17, 15) is 9.50 Å². The van der Waals surface area contributed by atoms with Crippen LogP contribution in [0.15, 0.2) is 36.4 Å². The number of aromatic amines is 1. The summed E-state index contributed by atoms with van der Waals surface area (Å²) in [6.45, 7) is 1.87. The second-order valence-electron chi connectivity index (χ2n) is 4.99. The summed E-state index contributed by atoms with van der Waals surface area (Å²) >= 11 is 6.18. The van der Waals surface area contributed by atoms with Crippen LogP contribution in [0.3, 0.4) is 0 Å². The van der Waals surface area contributed by atoms with Crippen LogP contribution in [0.5, 0.6) is 0 Å². The SMILES string of the molecule is Cc1c(C(N)O)[nH]c2c(-c3ccc(F)cc3)cc(Cl)cc12. The summed E-state index contributed by atoms with van der Waals surface area (Å²) in [7, 11) is 0. The molecule has 0 spiro atoms. The number of hydrogen-bond acceptors (Lipinski definition) is 2. The Morgan fingerprint density at radius 3 is 2.52 bits per heavy atom. The number of H-pyrrole nitrogens is 1. The highest BCUT2D eigenvalue weighted by Gasteiger charge is 2.16. The zero-order valence-corrected chi connectivity index (χ0v) is 12.1. The molecule has 0 aliphatic heterocycles. The first-order valence-electron chi connectivity index (χ1n) is 6.48. The second kappa shape index (κ2) is 5.15. The quantitative estimate of drug-likeness (QED) is 0.629. The van der Waals surface area contributed by atoms with Crippen LogP contribution in [0.2, 0.25) is 5.02 Å². The van der Waals surface area contributed by atoms with Crippen molar-refractivity contribution >= 4 is 22.5 Å². The molecular weight excluding hydrogens is 291 g/mol. The number of rotatable bonds is 2. The number of halogens is 2. The normalized spacial score (nSPS) is 12.8. The lowest BCUT2D eigenvalue weighted by atomic mass is 10.0. The minimum Gasteiger partial charge on any atom is -0.373 e. The van der Waals surface area contributed by atoms with E-state index >= 15 is 0 Å². The molecule has 0 aliphatic rings. The van der Waals surface area contributed by atoms with Gasteiger partial charge >= 0.3 is 0 Å². The maximum Gasteiger partial charge on any atom is 0.143 e. The Bertz CT molecular complexity index is 809. The smallest absolute Gasteiger partial charge is 0.143 e. The van der Waals surface area contributed by atoms with Crippen molar-refractivity contribution in [2.75, 3.05) is 0 Å². The van der Waals surface area contributed by atoms with Gasteiger partial charge in [0.1, 0.15) is 12.0 Å². The predicted molar refractivity (Wildman–Crippen MR) is 82.6 cm³/mol. The van der Waals surface area contributed by atoms with Gasteiger partial charge in [-0.3, -0.25) is 0 Å². The van der Waals surface area contributed by atoms with E-state index in [1.807, 2.05) is 13.0 Å². The zero-order chi connectivity index (χ0) is 15.1. The summed E-state index contributed by atoms with van der Waals surface area (Å²) in [6, 6.07) is 9.80. The van der Waals surface area contributed by atoms with E-state index in [-0.39, 0.29) is 5.82 Å². The first-order chi connectivity index (χ1) is 9.97. The molecule has 0 fully saturated rings. The van der Waals surface area contributed by atoms with Gasteiger partial charge in [0.15, 0.2) is 0 Å². The number of aliphatic hydroxyl groups excluding tert-OH is 1. The fourth-order valence-electron chi connectivity index (χ4n) is 2.56. The maximum absolute atomic E-state index is 13.1. The van der Waals surface area contributed by atoms with Crippen LogP contribution in [-0.2, 0) is 0 Å². The van der Waals surface area contributed by atoms with Gasteiger partial charge < -0.3 is 15.8 Å². The number of aryl methyl sites for hydroxylation is 1. The molecule has 108 valence electrons. The molecule has 0 saturated heterocycles. The lowest BCUT2D eigenvalue weighted by Gasteiger charge is -2.05. The van der Waals surface area contributed by atoms with Crippen LogP contribution in [0.4, 0.5) is 4.39 Å². The van der Waals surface area contributed by atoms with Crippen LogP contribution < -0.4 is 5.73 Å². The Kier molecular flexibility index (Phi) is 3.45. The number of aromatic nitrogens is 1. The molecule has 21 heavy (non-hydrogen) atoms. The number of nitrogens with one attached hydrogen (secondary N) is 1. The molecule has 1 heterocycles. The zero-order valence-electron chi connectivity index (χ0n) is 11.3. The number of nitrogens with two attached hydrogens (primary N) is 1. The summed E-state index contributed by atoms with van der Waals surface area (Å²) in [5.74, 6) is -0.294. The van der Waals surface area contributed by atoms with Crippen LogP contribution in [0.1, 0.15) is 17.5 Å². The van der Waals surface area contributed by atoms with E-state index in [4.69, 9.17) is 17.3 Å². The van der Waals surface area contributed by atoms with Crippen LogP contribution in [0.25, 0.3) is 22.0 Å². The topological polar surface area (TPSA) is 62.0 Å². The summed E-state index contributed by atoms with van der Waals surface area (Å²) in [5, 5.41) is 11.1. The van der Waals surface area contributed by atoms with Crippen molar-refractivity contribution < 1.29 is 9.50 Å². The number of benzene rings is 2. The van der Waals surface area contributed by atoms with Gasteiger partial charge in [0.2, 0.25) is 0 Å². The molecule has 2 aromatic carbocycles. The number of hydrogen-bond donors (Lipinski definition) is 3. The first-order valence-corrected chi connectivity index (χ1v) is 6.86. The third kappa shape index (κ3) is 2.42. The minimum absolute atomic E-state index is 0.294. The van der Waals surface area contributed by atoms with Gasteiger partial charge in [0.25, 0.3) is 0 Å². The summed E-state index contributed by atoms with van der Waals surface area (Å²) in [4.78, 5) is 3.14. The largest absolute Gasteiger partial charge is 0.373 e. The van der Waals surface area contributed by atoms with E-state index in [2.05, 4.69) is 4.98 Å². The average molecular weight is 305 g/mol. The summed E-state index contributed by atoms with van der Waals surface area (Å²) in [5.41, 5.74) is 9.47. The van der Waals surface area contributed by atoms with Crippen molar-refractivity contribution in [1.82, 2.24) is 4.98 Å². The maximum atomic E-state index is 13.1. The van der Waals surface area contributed by atoms with Gasteiger partial charge in [-0.15, -0.1) is 0 Å². The molecule has 0 bridgehead atoms. The number of fused-ring (bicyclic) bond motifs is 1. The highest BCUT2D eigenvalue weighted by atomic mass is 35.5. The van der Waals surface area contributed by atoms with Crippen molar-refractivity contribution in [3.8, 4) is 11.1 Å². The molecule has 0 saturated carbocycles. The molecule has 3 rings (SSSR count). The van der Waals surface area contributed by atoms with E-state index in [1.165, 1.54) is 12.1 Å². The summed E-state index contributed by atoms with van der Waals surface area (Å²) < 4.78 is 13.1. The van der Waals surface area contributed by atoms with E-state index in [0.29, 0.717) is 10.7 Å².